The second-order valence-corrected chi connectivity index (χ2v) is 5.55. The van der Waals surface area contributed by atoms with Gasteiger partial charge in [0.1, 0.15) is 0 Å². The summed E-state index contributed by atoms with van der Waals surface area (Å²) >= 11 is 3.55. The summed E-state index contributed by atoms with van der Waals surface area (Å²) in [5.41, 5.74) is 5.21. The molecule has 2 aromatic carbocycles. The van der Waals surface area contributed by atoms with Gasteiger partial charge >= 0.3 is 0 Å². The maximum atomic E-state index is 3.55. The first-order chi connectivity index (χ1) is 8.61. The number of hydrogen-bond donors (Lipinski definition) is 1. The SMILES string of the molecule is CNC(c1ccc(C)cc1)c1cc(Br)ccc1C. The van der Waals surface area contributed by atoms with E-state index in [4.69, 9.17) is 0 Å². The largest absolute Gasteiger partial charge is 0.309 e. The molecule has 0 bridgehead atoms. The minimum Gasteiger partial charge on any atom is -0.309 e. The number of halogens is 1. The zero-order valence-corrected chi connectivity index (χ0v) is 12.6. The maximum absolute atomic E-state index is 3.55. The smallest absolute Gasteiger partial charge is 0.0577 e. The second kappa shape index (κ2) is 5.68. The molecule has 0 aliphatic rings. The van der Waals surface area contributed by atoms with Crippen LogP contribution >= 0.6 is 15.9 Å². The van der Waals surface area contributed by atoms with E-state index in [1.165, 1.54) is 22.3 Å². The van der Waals surface area contributed by atoms with Crippen LogP contribution in [0.5, 0.6) is 0 Å². The number of hydrogen-bond acceptors (Lipinski definition) is 1. The van der Waals surface area contributed by atoms with Gasteiger partial charge in [0.2, 0.25) is 0 Å². The van der Waals surface area contributed by atoms with Crippen molar-refractivity contribution in [2.24, 2.45) is 0 Å². The summed E-state index contributed by atoms with van der Waals surface area (Å²) in [4.78, 5) is 0. The van der Waals surface area contributed by atoms with Crippen molar-refractivity contribution < 1.29 is 0 Å². The fourth-order valence-corrected chi connectivity index (χ4v) is 2.56. The van der Waals surface area contributed by atoms with E-state index in [0.717, 1.165) is 4.47 Å². The van der Waals surface area contributed by atoms with Crippen molar-refractivity contribution in [2.75, 3.05) is 7.05 Å². The van der Waals surface area contributed by atoms with Crippen LogP contribution in [-0.4, -0.2) is 7.05 Å². The van der Waals surface area contributed by atoms with Crippen molar-refractivity contribution in [3.63, 3.8) is 0 Å². The molecule has 1 N–H and O–H groups in total. The van der Waals surface area contributed by atoms with Crippen LogP contribution in [0.3, 0.4) is 0 Å². The highest BCUT2D eigenvalue weighted by Gasteiger charge is 2.14. The first-order valence-corrected chi connectivity index (χ1v) is 6.91. The van der Waals surface area contributed by atoms with Crippen molar-refractivity contribution in [3.05, 3.63) is 69.2 Å². The first-order valence-electron chi connectivity index (χ1n) is 6.11. The Balaban J connectivity index is 2.44. The molecule has 1 atom stereocenters. The van der Waals surface area contributed by atoms with Gasteiger partial charge in [-0.1, -0.05) is 51.8 Å². The van der Waals surface area contributed by atoms with Crippen LogP contribution in [0.15, 0.2) is 46.9 Å². The highest BCUT2D eigenvalue weighted by Crippen LogP contribution is 2.27. The molecule has 2 rings (SSSR count). The Morgan fingerprint density at radius 2 is 1.67 bits per heavy atom. The molecule has 1 unspecified atom stereocenters. The van der Waals surface area contributed by atoms with Gasteiger partial charge in [-0.05, 0) is 49.7 Å². The van der Waals surface area contributed by atoms with Crippen molar-refractivity contribution in [1.29, 1.82) is 0 Å². The van der Waals surface area contributed by atoms with Gasteiger partial charge in [0, 0.05) is 4.47 Å². The van der Waals surface area contributed by atoms with Gasteiger partial charge in [-0.25, -0.2) is 0 Å². The molecule has 0 fully saturated rings. The van der Waals surface area contributed by atoms with Gasteiger partial charge in [-0.15, -0.1) is 0 Å². The standard InChI is InChI=1S/C16H18BrN/c1-11-4-7-13(8-5-11)16(18-3)15-10-14(17)9-6-12(15)2/h4-10,16,18H,1-3H3. The fourth-order valence-electron chi connectivity index (χ4n) is 2.18. The Hall–Kier alpha value is -1.12. The molecule has 0 amide bonds. The molecule has 18 heavy (non-hydrogen) atoms. The number of rotatable bonds is 3. The lowest BCUT2D eigenvalue weighted by Gasteiger charge is -2.20. The molecular weight excluding hydrogens is 286 g/mol. The predicted molar refractivity (Wildman–Crippen MR) is 81.0 cm³/mol. The van der Waals surface area contributed by atoms with E-state index < -0.39 is 0 Å². The molecular formula is C16H18BrN. The van der Waals surface area contributed by atoms with Gasteiger partial charge in [0.25, 0.3) is 0 Å². The summed E-state index contributed by atoms with van der Waals surface area (Å²) in [5.74, 6) is 0. The van der Waals surface area contributed by atoms with E-state index in [0.29, 0.717) is 0 Å². The van der Waals surface area contributed by atoms with Crippen LogP contribution in [-0.2, 0) is 0 Å². The lowest BCUT2D eigenvalue weighted by Crippen LogP contribution is -2.18. The first kappa shape index (κ1) is 13.3. The van der Waals surface area contributed by atoms with E-state index in [9.17, 15) is 0 Å². The summed E-state index contributed by atoms with van der Waals surface area (Å²) in [5, 5.41) is 3.40. The van der Waals surface area contributed by atoms with E-state index in [-0.39, 0.29) is 6.04 Å². The maximum Gasteiger partial charge on any atom is 0.0577 e. The molecule has 1 nitrogen and oxygen atoms in total. The average Bonchev–Trinajstić information content (AvgIpc) is 2.37. The molecule has 94 valence electrons. The third kappa shape index (κ3) is 2.82. The average molecular weight is 304 g/mol. The van der Waals surface area contributed by atoms with E-state index in [2.05, 4.69) is 77.6 Å². The lowest BCUT2D eigenvalue weighted by molar-refractivity contribution is 0.687. The number of nitrogens with one attached hydrogen (secondary N) is 1. The van der Waals surface area contributed by atoms with Gasteiger partial charge in [0.15, 0.2) is 0 Å². The van der Waals surface area contributed by atoms with Crippen LogP contribution in [0, 0.1) is 13.8 Å². The second-order valence-electron chi connectivity index (χ2n) is 4.63. The van der Waals surface area contributed by atoms with E-state index in [1.807, 2.05) is 7.05 Å². The Bertz CT molecular complexity index is 531. The molecule has 0 heterocycles. The molecule has 0 radical (unpaired) electrons. The lowest BCUT2D eigenvalue weighted by atomic mass is 9.95. The summed E-state index contributed by atoms with van der Waals surface area (Å²) in [7, 11) is 2.00. The summed E-state index contributed by atoms with van der Waals surface area (Å²) in [6.07, 6.45) is 0. The molecule has 0 saturated heterocycles. The Labute approximate surface area is 117 Å². The van der Waals surface area contributed by atoms with E-state index in [1.54, 1.807) is 0 Å². The van der Waals surface area contributed by atoms with Crippen LogP contribution in [0.2, 0.25) is 0 Å². The summed E-state index contributed by atoms with van der Waals surface area (Å²) in [6.45, 7) is 4.27. The number of aryl methyl sites for hydroxylation is 2. The highest BCUT2D eigenvalue weighted by atomic mass is 79.9. The van der Waals surface area contributed by atoms with Crippen molar-refractivity contribution in [3.8, 4) is 0 Å². The van der Waals surface area contributed by atoms with Gasteiger partial charge in [-0.3, -0.25) is 0 Å². The van der Waals surface area contributed by atoms with E-state index >= 15 is 0 Å². The van der Waals surface area contributed by atoms with Crippen LogP contribution in [0.1, 0.15) is 28.3 Å². The Morgan fingerprint density at radius 3 is 2.28 bits per heavy atom. The summed E-state index contributed by atoms with van der Waals surface area (Å²) < 4.78 is 1.12. The number of benzene rings is 2. The molecule has 0 aromatic heterocycles. The molecule has 0 spiro atoms. The zero-order chi connectivity index (χ0) is 13.1. The van der Waals surface area contributed by atoms with Crippen molar-refractivity contribution >= 4 is 15.9 Å². The van der Waals surface area contributed by atoms with Gasteiger partial charge < -0.3 is 5.32 Å². The van der Waals surface area contributed by atoms with Crippen molar-refractivity contribution in [1.82, 2.24) is 5.32 Å². The Kier molecular flexibility index (Phi) is 4.20. The minimum atomic E-state index is 0.239. The van der Waals surface area contributed by atoms with Crippen LogP contribution in [0.25, 0.3) is 0 Å². The summed E-state index contributed by atoms with van der Waals surface area (Å²) in [6, 6.07) is 15.4. The minimum absolute atomic E-state index is 0.239. The van der Waals surface area contributed by atoms with Crippen LogP contribution in [0.4, 0.5) is 0 Å². The predicted octanol–water partition coefficient (Wildman–Crippen LogP) is 4.37. The fraction of sp³-hybridized carbons (Fsp3) is 0.250. The van der Waals surface area contributed by atoms with Gasteiger partial charge in [-0.2, -0.15) is 0 Å². The molecule has 0 saturated carbocycles. The Morgan fingerprint density at radius 1 is 1.00 bits per heavy atom. The zero-order valence-electron chi connectivity index (χ0n) is 11.0. The highest BCUT2D eigenvalue weighted by molar-refractivity contribution is 9.10. The molecule has 2 aromatic rings. The third-order valence-electron chi connectivity index (χ3n) is 3.25. The van der Waals surface area contributed by atoms with Crippen LogP contribution < -0.4 is 5.32 Å². The molecule has 0 aliphatic carbocycles. The quantitative estimate of drug-likeness (QED) is 0.887. The topological polar surface area (TPSA) is 12.0 Å². The third-order valence-corrected chi connectivity index (χ3v) is 3.74. The normalized spacial score (nSPS) is 12.4. The van der Waals surface area contributed by atoms with Gasteiger partial charge in [0.05, 0.1) is 6.04 Å². The monoisotopic (exact) mass is 303 g/mol. The molecule has 2 heteroatoms. The molecule has 0 aliphatic heterocycles. The van der Waals surface area contributed by atoms with Crippen molar-refractivity contribution in [2.45, 2.75) is 19.9 Å².